The van der Waals surface area contributed by atoms with Crippen molar-refractivity contribution in [3.8, 4) is 17.6 Å². The Morgan fingerprint density at radius 1 is 0.848 bits per heavy atom. The van der Waals surface area contributed by atoms with Crippen LogP contribution in [0, 0.1) is 23.5 Å². The van der Waals surface area contributed by atoms with E-state index in [9.17, 15) is 8.78 Å². The van der Waals surface area contributed by atoms with Gasteiger partial charge in [-0.05, 0) is 65.6 Å². The second-order valence-corrected chi connectivity index (χ2v) is 7.81. The minimum Gasteiger partial charge on any atom is -0.490 e. The van der Waals surface area contributed by atoms with Gasteiger partial charge < -0.3 is 4.74 Å². The van der Waals surface area contributed by atoms with Gasteiger partial charge in [-0.3, -0.25) is 0 Å². The largest absolute Gasteiger partial charge is 0.490 e. The molecule has 3 aromatic carbocycles. The highest BCUT2D eigenvalue weighted by Gasteiger charge is 2.05. The molecule has 0 N–H and O–H groups in total. The molecule has 0 aliphatic heterocycles. The van der Waals surface area contributed by atoms with Gasteiger partial charge in [0, 0.05) is 12.0 Å². The number of benzene rings is 3. The predicted octanol–water partition coefficient (Wildman–Crippen LogP) is 6.27. The molecule has 0 saturated heterocycles. The summed E-state index contributed by atoms with van der Waals surface area (Å²) in [7, 11) is 0. The first kappa shape index (κ1) is 22.4. The van der Waals surface area contributed by atoms with Crippen molar-refractivity contribution in [2.45, 2.75) is 32.6 Å². The van der Waals surface area contributed by atoms with Gasteiger partial charge in [0.25, 0.3) is 0 Å². The highest BCUT2D eigenvalue weighted by molar-refractivity contribution is 5.84. The molecule has 0 fully saturated rings. The number of aromatic nitrogens is 2. The van der Waals surface area contributed by atoms with Crippen molar-refractivity contribution in [2.75, 3.05) is 6.61 Å². The highest BCUT2D eigenvalue weighted by atomic mass is 19.1. The summed E-state index contributed by atoms with van der Waals surface area (Å²) in [6.45, 7) is 2.77. The van der Waals surface area contributed by atoms with Crippen LogP contribution in [0.15, 0.2) is 67.0 Å². The van der Waals surface area contributed by atoms with E-state index in [1.807, 2.05) is 18.2 Å². The fourth-order valence-corrected chi connectivity index (χ4v) is 3.39. The monoisotopic (exact) mass is 442 g/mol. The number of ether oxygens (including phenoxy) is 1. The lowest BCUT2D eigenvalue weighted by molar-refractivity contribution is 0.306. The molecule has 5 heteroatoms. The zero-order valence-corrected chi connectivity index (χ0v) is 18.4. The standard InChI is InChI=1S/C28H24F2N2O/c1-2-3-14-33-26-18-31-28(32-19-26)13-7-21-5-9-22(27(30)16-21)8-4-20-6-10-24-17-25(29)12-11-23(24)15-20/h5-6,9-12,15-19H,2-3,7,13-14H2,1H3. The minimum atomic E-state index is -0.358. The third-order valence-electron chi connectivity index (χ3n) is 5.26. The second kappa shape index (κ2) is 10.7. The SMILES string of the molecule is CCCCOc1cnc(CCc2ccc(C#Cc3ccc4cc(F)ccc4c3)c(F)c2)nc1. The van der Waals surface area contributed by atoms with Crippen LogP contribution in [0.4, 0.5) is 8.78 Å². The summed E-state index contributed by atoms with van der Waals surface area (Å²) in [6, 6.07) is 15.2. The van der Waals surface area contributed by atoms with E-state index in [0.29, 0.717) is 36.6 Å². The number of unbranched alkanes of at least 4 members (excludes halogenated alkanes) is 1. The molecule has 0 saturated carbocycles. The summed E-state index contributed by atoms with van der Waals surface area (Å²) in [5.41, 5.74) is 1.94. The Kier molecular flexibility index (Phi) is 7.26. The van der Waals surface area contributed by atoms with Crippen LogP contribution in [0.3, 0.4) is 0 Å². The molecule has 0 spiro atoms. The number of hydrogen-bond donors (Lipinski definition) is 0. The predicted molar refractivity (Wildman–Crippen MR) is 126 cm³/mol. The van der Waals surface area contributed by atoms with Crippen LogP contribution in [-0.4, -0.2) is 16.6 Å². The third kappa shape index (κ3) is 6.14. The van der Waals surface area contributed by atoms with E-state index >= 15 is 0 Å². The van der Waals surface area contributed by atoms with E-state index in [2.05, 4.69) is 28.7 Å². The van der Waals surface area contributed by atoms with Crippen LogP contribution >= 0.6 is 0 Å². The van der Waals surface area contributed by atoms with Crippen molar-refractivity contribution < 1.29 is 13.5 Å². The van der Waals surface area contributed by atoms with Gasteiger partial charge in [-0.2, -0.15) is 0 Å². The van der Waals surface area contributed by atoms with Crippen LogP contribution in [-0.2, 0) is 12.8 Å². The maximum atomic E-state index is 14.6. The van der Waals surface area contributed by atoms with Crippen molar-refractivity contribution in [1.82, 2.24) is 9.97 Å². The first-order valence-corrected chi connectivity index (χ1v) is 11.0. The first-order valence-electron chi connectivity index (χ1n) is 11.0. The van der Waals surface area contributed by atoms with Gasteiger partial charge in [0.1, 0.15) is 17.5 Å². The van der Waals surface area contributed by atoms with Crippen LogP contribution in [0.1, 0.15) is 42.3 Å². The van der Waals surface area contributed by atoms with Crippen LogP contribution in [0.25, 0.3) is 10.8 Å². The molecular formula is C28H24F2N2O. The highest BCUT2D eigenvalue weighted by Crippen LogP contribution is 2.18. The van der Waals surface area contributed by atoms with E-state index in [0.717, 1.165) is 34.7 Å². The Balaban J connectivity index is 1.38. The number of halogens is 2. The molecule has 1 heterocycles. The molecule has 0 aliphatic rings. The summed E-state index contributed by atoms with van der Waals surface area (Å²) < 4.78 is 33.5. The Morgan fingerprint density at radius 3 is 2.42 bits per heavy atom. The summed E-state index contributed by atoms with van der Waals surface area (Å²) in [4.78, 5) is 8.66. The van der Waals surface area contributed by atoms with Crippen molar-refractivity contribution >= 4 is 10.8 Å². The van der Waals surface area contributed by atoms with Crippen LogP contribution < -0.4 is 4.74 Å². The Hall–Kier alpha value is -3.78. The summed E-state index contributed by atoms with van der Waals surface area (Å²) in [6.07, 6.45) is 6.67. The van der Waals surface area contributed by atoms with Gasteiger partial charge in [-0.15, -0.1) is 0 Å². The topological polar surface area (TPSA) is 35.0 Å². The van der Waals surface area contributed by atoms with E-state index in [4.69, 9.17) is 4.74 Å². The van der Waals surface area contributed by atoms with Gasteiger partial charge in [0.05, 0.1) is 24.6 Å². The molecule has 33 heavy (non-hydrogen) atoms. The summed E-state index contributed by atoms with van der Waals surface area (Å²) in [5.74, 6) is 6.62. The van der Waals surface area contributed by atoms with E-state index in [-0.39, 0.29) is 11.6 Å². The number of rotatable bonds is 7. The Morgan fingerprint density at radius 2 is 1.64 bits per heavy atom. The molecule has 0 aliphatic carbocycles. The van der Waals surface area contributed by atoms with Gasteiger partial charge in [-0.1, -0.05) is 43.4 Å². The lowest BCUT2D eigenvalue weighted by atomic mass is 10.0. The van der Waals surface area contributed by atoms with E-state index < -0.39 is 0 Å². The maximum absolute atomic E-state index is 14.6. The average molecular weight is 443 g/mol. The van der Waals surface area contributed by atoms with Crippen molar-refractivity contribution in [3.05, 3.63) is 101 Å². The molecule has 0 bridgehead atoms. The van der Waals surface area contributed by atoms with E-state index in [1.54, 1.807) is 30.6 Å². The molecular weight excluding hydrogens is 418 g/mol. The number of aryl methyl sites for hydroxylation is 2. The molecule has 4 aromatic rings. The zero-order valence-electron chi connectivity index (χ0n) is 18.4. The maximum Gasteiger partial charge on any atom is 0.155 e. The quantitative estimate of drug-likeness (QED) is 0.250. The third-order valence-corrected chi connectivity index (χ3v) is 5.26. The molecule has 0 amide bonds. The molecule has 4 rings (SSSR count). The Labute approximate surface area is 192 Å². The van der Waals surface area contributed by atoms with Gasteiger partial charge in [-0.25, -0.2) is 18.7 Å². The van der Waals surface area contributed by atoms with Gasteiger partial charge >= 0.3 is 0 Å². The van der Waals surface area contributed by atoms with Crippen molar-refractivity contribution in [1.29, 1.82) is 0 Å². The molecule has 3 nitrogen and oxygen atoms in total. The molecule has 0 unspecified atom stereocenters. The second-order valence-electron chi connectivity index (χ2n) is 7.81. The minimum absolute atomic E-state index is 0.275. The smallest absolute Gasteiger partial charge is 0.155 e. The summed E-state index contributed by atoms with van der Waals surface area (Å²) >= 11 is 0. The fraction of sp³-hybridized carbons (Fsp3) is 0.214. The zero-order chi connectivity index (χ0) is 23.0. The van der Waals surface area contributed by atoms with Gasteiger partial charge in [0.2, 0.25) is 0 Å². The molecule has 0 atom stereocenters. The molecule has 166 valence electrons. The van der Waals surface area contributed by atoms with Crippen LogP contribution in [0.2, 0.25) is 0 Å². The first-order chi connectivity index (χ1) is 16.1. The number of fused-ring (bicyclic) bond motifs is 1. The van der Waals surface area contributed by atoms with Crippen molar-refractivity contribution in [3.63, 3.8) is 0 Å². The van der Waals surface area contributed by atoms with Gasteiger partial charge in [0.15, 0.2) is 5.75 Å². The molecule has 0 radical (unpaired) electrons. The fourth-order valence-electron chi connectivity index (χ4n) is 3.39. The lowest BCUT2D eigenvalue weighted by Crippen LogP contribution is -2.01. The Bertz CT molecular complexity index is 1310. The lowest BCUT2D eigenvalue weighted by Gasteiger charge is -2.06. The van der Waals surface area contributed by atoms with E-state index in [1.165, 1.54) is 18.2 Å². The number of nitrogens with zero attached hydrogens (tertiary/aromatic N) is 2. The molecule has 1 aromatic heterocycles. The van der Waals surface area contributed by atoms with Crippen LogP contribution in [0.5, 0.6) is 5.75 Å². The van der Waals surface area contributed by atoms with Crippen molar-refractivity contribution in [2.24, 2.45) is 0 Å². The number of hydrogen-bond acceptors (Lipinski definition) is 3. The normalized spacial score (nSPS) is 10.6. The summed E-state index contributed by atoms with van der Waals surface area (Å²) in [5, 5.41) is 1.69. The average Bonchev–Trinajstić information content (AvgIpc) is 2.83.